The zero-order valence-electron chi connectivity index (χ0n) is 17.4. The van der Waals surface area contributed by atoms with Crippen LogP contribution in [0, 0.1) is 0 Å². The number of hydrogen-bond donors (Lipinski definition) is 1. The van der Waals surface area contributed by atoms with Crippen LogP contribution < -0.4 is 10.6 Å². The van der Waals surface area contributed by atoms with Crippen LogP contribution in [0.25, 0.3) is 0 Å². The van der Waals surface area contributed by atoms with Crippen molar-refractivity contribution in [1.82, 2.24) is 0 Å². The number of carbonyl (C=O) groups excluding carboxylic acids is 2. The third kappa shape index (κ3) is 6.00. The fraction of sp³-hybridized carbons (Fsp3) is 0.391. The van der Waals surface area contributed by atoms with Crippen LogP contribution in [-0.4, -0.2) is 41.8 Å². The van der Waals surface area contributed by atoms with Gasteiger partial charge in [-0.1, -0.05) is 48.5 Å². The lowest BCUT2D eigenvalue weighted by molar-refractivity contribution is -0.164. The molecule has 3 rings (SSSR count). The molecule has 1 aliphatic heterocycles. The second kappa shape index (κ2) is 10.00. The highest BCUT2D eigenvalue weighted by Gasteiger charge is 2.38. The molecule has 0 saturated heterocycles. The second-order valence-electron chi connectivity index (χ2n) is 7.92. The first kappa shape index (κ1) is 22.2. The van der Waals surface area contributed by atoms with E-state index in [0.29, 0.717) is 25.5 Å². The first-order valence-electron chi connectivity index (χ1n) is 9.91. The Morgan fingerprint density at radius 3 is 2.57 bits per heavy atom. The maximum Gasteiger partial charge on any atom is 0.329 e. The first-order valence-corrected chi connectivity index (χ1v) is 11.1. The number of carbonyl (C=O) groups is 2. The van der Waals surface area contributed by atoms with Crippen molar-refractivity contribution in [2.24, 2.45) is 5.73 Å². The molecule has 0 saturated carbocycles. The van der Waals surface area contributed by atoms with E-state index >= 15 is 0 Å². The van der Waals surface area contributed by atoms with Crippen LogP contribution >= 0.6 is 11.8 Å². The summed E-state index contributed by atoms with van der Waals surface area (Å²) in [4.78, 5) is 26.1. The van der Waals surface area contributed by atoms with Crippen LogP contribution in [0.5, 0.6) is 0 Å². The van der Waals surface area contributed by atoms with E-state index in [1.165, 1.54) is 11.8 Å². The highest BCUT2D eigenvalue weighted by Crippen LogP contribution is 2.34. The maximum absolute atomic E-state index is 13.0. The standard InChI is InChI=1S/C23H28N2O4S/c1-23(2,15-28-13-17-8-4-3-5-9-17)29-22(27)20-12-18-10-6-7-11-19(18)25(20)16-30-14-21(24)26/h3-11,20H,12-16H2,1-2H3,(H2,24,26). The summed E-state index contributed by atoms with van der Waals surface area (Å²) in [6.07, 6.45) is 0.576. The molecule has 0 fully saturated rings. The molecule has 2 aromatic rings. The molecule has 1 unspecified atom stereocenters. The number of ether oxygens (including phenoxy) is 2. The predicted octanol–water partition coefficient (Wildman–Crippen LogP) is 3.13. The molecule has 0 radical (unpaired) electrons. The molecule has 0 bridgehead atoms. The summed E-state index contributed by atoms with van der Waals surface area (Å²) in [5, 5.41) is 0. The molecule has 30 heavy (non-hydrogen) atoms. The van der Waals surface area contributed by atoms with Gasteiger partial charge in [0.15, 0.2) is 0 Å². The summed E-state index contributed by atoms with van der Waals surface area (Å²) < 4.78 is 11.6. The average molecular weight is 429 g/mol. The highest BCUT2D eigenvalue weighted by atomic mass is 32.2. The summed E-state index contributed by atoms with van der Waals surface area (Å²) in [6.45, 7) is 4.46. The lowest BCUT2D eigenvalue weighted by Crippen LogP contribution is -2.44. The van der Waals surface area contributed by atoms with Crippen molar-refractivity contribution in [2.75, 3.05) is 23.1 Å². The highest BCUT2D eigenvalue weighted by molar-refractivity contribution is 8.00. The molecule has 2 N–H and O–H groups in total. The third-order valence-corrected chi connectivity index (χ3v) is 5.72. The minimum absolute atomic E-state index is 0.208. The zero-order valence-corrected chi connectivity index (χ0v) is 18.2. The van der Waals surface area contributed by atoms with Gasteiger partial charge in [-0.3, -0.25) is 4.79 Å². The summed E-state index contributed by atoms with van der Waals surface area (Å²) in [5.41, 5.74) is 7.66. The number of thioether (sulfide) groups is 1. The molecular weight excluding hydrogens is 400 g/mol. The Bertz CT molecular complexity index is 873. The van der Waals surface area contributed by atoms with Gasteiger partial charge in [0, 0.05) is 12.1 Å². The Morgan fingerprint density at radius 2 is 1.83 bits per heavy atom. The number of fused-ring (bicyclic) bond motifs is 1. The number of hydrogen-bond acceptors (Lipinski definition) is 6. The Labute approximate surface area is 181 Å². The number of nitrogens with zero attached hydrogens (tertiary/aromatic N) is 1. The Balaban J connectivity index is 1.59. The largest absolute Gasteiger partial charge is 0.456 e. The number of nitrogens with two attached hydrogens (primary N) is 1. The molecule has 0 spiro atoms. The molecule has 0 aliphatic carbocycles. The van der Waals surface area contributed by atoms with Crippen molar-refractivity contribution in [3.8, 4) is 0 Å². The number of esters is 1. The zero-order chi connectivity index (χ0) is 21.6. The maximum atomic E-state index is 13.0. The number of benzene rings is 2. The van der Waals surface area contributed by atoms with Crippen molar-refractivity contribution in [3.05, 3.63) is 65.7 Å². The van der Waals surface area contributed by atoms with E-state index in [2.05, 4.69) is 0 Å². The summed E-state index contributed by atoms with van der Waals surface area (Å²) in [5.74, 6) is 0.0340. The molecule has 1 amide bonds. The monoisotopic (exact) mass is 428 g/mol. The molecule has 2 aromatic carbocycles. The van der Waals surface area contributed by atoms with Crippen LogP contribution in [0.1, 0.15) is 25.0 Å². The fourth-order valence-electron chi connectivity index (χ4n) is 3.42. The van der Waals surface area contributed by atoms with Gasteiger partial charge in [0.25, 0.3) is 0 Å². The second-order valence-corrected chi connectivity index (χ2v) is 8.88. The van der Waals surface area contributed by atoms with Gasteiger partial charge in [-0.15, -0.1) is 11.8 Å². The SMILES string of the molecule is CC(C)(COCc1ccccc1)OC(=O)C1Cc2ccccc2N1CSCC(N)=O. The van der Waals surface area contributed by atoms with Crippen molar-refractivity contribution >= 4 is 29.3 Å². The van der Waals surface area contributed by atoms with Crippen LogP contribution in [0.3, 0.4) is 0 Å². The number of primary amides is 1. The van der Waals surface area contributed by atoms with Crippen molar-refractivity contribution < 1.29 is 19.1 Å². The van der Waals surface area contributed by atoms with Crippen LogP contribution in [0.2, 0.25) is 0 Å². The summed E-state index contributed by atoms with van der Waals surface area (Å²) in [7, 11) is 0. The van der Waals surface area contributed by atoms with E-state index in [1.54, 1.807) is 0 Å². The summed E-state index contributed by atoms with van der Waals surface area (Å²) in [6, 6.07) is 17.4. The fourth-order valence-corrected chi connectivity index (χ4v) is 4.23. The van der Waals surface area contributed by atoms with Crippen molar-refractivity contribution in [3.63, 3.8) is 0 Å². The van der Waals surface area contributed by atoms with Gasteiger partial charge in [0.1, 0.15) is 11.6 Å². The first-order chi connectivity index (χ1) is 14.4. The smallest absolute Gasteiger partial charge is 0.329 e. The van der Waals surface area contributed by atoms with Crippen molar-refractivity contribution in [2.45, 2.75) is 38.5 Å². The van der Waals surface area contributed by atoms with E-state index in [-0.39, 0.29) is 17.6 Å². The van der Waals surface area contributed by atoms with Crippen molar-refractivity contribution in [1.29, 1.82) is 0 Å². The van der Waals surface area contributed by atoms with E-state index in [1.807, 2.05) is 73.3 Å². The van der Waals surface area contributed by atoms with Gasteiger partial charge >= 0.3 is 5.97 Å². The van der Waals surface area contributed by atoms with Gasteiger partial charge in [0.05, 0.1) is 24.8 Å². The topological polar surface area (TPSA) is 81.9 Å². The number of para-hydroxylation sites is 1. The molecule has 7 heteroatoms. The third-order valence-electron chi connectivity index (χ3n) is 4.78. The van der Waals surface area contributed by atoms with E-state index in [9.17, 15) is 9.59 Å². The lowest BCUT2D eigenvalue weighted by atomic mass is 10.1. The minimum atomic E-state index is -0.757. The van der Waals surface area contributed by atoms with E-state index < -0.39 is 11.6 Å². The normalized spacial score (nSPS) is 15.7. The van der Waals surface area contributed by atoms with Gasteiger partial charge in [-0.2, -0.15) is 0 Å². The molecule has 6 nitrogen and oxygen atoms in total. The van der Waals surface area contributed by atoms with E-state index in [0.717, 1.165) is 16.8 Å². The molecule has 160 valence electrons. The Morgan fingerprint density at radius 1 is 1.13 bits per heavy atom. The molecule has 1 aliphatic rings. The van der Waals surface area contributed by atoms with Gasteiger partial charge in [-0.05, 0) is 31.0 Å². The average Bonchev–Trinajstić information content (AvgIpc) is 3.07. The van der Waals surface area contributed by atoms with E-state index in [4.69, 9.17) is 15.2 Å². The number of amides is 1. The quantitative estimate of drug-likeness (QED) is 0.586. The lowest BCUT2D eigenvalue weighted by Gasteiger charge is -2.30. The van der Waals surface area contributed by atoms with Crippen LogP contribution in [0.4, 0.5) is 5.69 Å². The van der Waals surface area contributed by atoms with Gasteiger partial charge < -0.3 is 20.1 Å². The molecule has 1 heterocycles. The minimum Gasteiger partial charge on any atom is -0.456 e. The predicted molar refractivity (Wildman–Crippen MR) is 119 cm³/mol. The Kier molecular flexibility index (Phi) is 7.39. The van der Waals surface area contributed by atoms with Gasteiger partial charge in [0.2, 0.25) is 5.91 Å². The Hall–Kier alpha value is -2.51. The number of anilines is 1. The molecular formula is C23H28N2O4S. The molecule has 1 atom stereocenters. The summed E-state index contributed by atoms with van der Waals surface area (Å²) >= 11 is 1.39. The molecule has 0 aromatic heterocycles. The van der Waals surface area contributed by atoms with Gasteiger partial charge in [-0.25, -0.2) is 4.79 Å². The van der Waals surface area contributed by atoms with Crippen LogP contribution in [-0.2, 0) is 32.1 Å². The van der Waals surface area contributed by atoms with Crippen LogP contribution in [0.15, 0.2) is 54.6 Å². The number of rotatable bonds is 10.